The molecule has 0 saturated carbocycles. The van der Waals surface area contributed by atoms with Gasteiger partial charge in [0.1, 0.15) is 12.9 Å². The second-order valence-electron chi connectivity index (χ2n) is 8.65. The molecule has 1 atom stereocenters. The summed E-state index contributed by atoms with van der Waals surface area (Å²) in [5.41, 5.74) is 1.60. The van der Waals surface area contributed by atoms with Gasteiger partial charge in [-0.1, -0.05) is 0 Å². The molecular formula is C21H25N7O4. The van der Waals surface area contributed by atoms with Gasteiger partial charge < -0.3 is 19.6 Å². The third kappa shape index (κ3) is 3.56. The molecule has 0 aromatic carbocycles. The third-order valence-electron chi connectivity index (χ3n) is 6.90. The van der Waals surface area contributed by atoms with Gasteiger partial charge in [0.15, 0.2) is 5.82 Å². The van der Waals surface area contributed by atoms with Crippen molar-refractivity contribution in [3.8, 4) is 5.82 Å². The molecule has 2 saturated heterocycles. The molecule has 11 nitrogen and oxygen atoms in total. The molecule has 5 rings (SSSR count). The first-order valence-electron chi connectivity index (χ1n) is 10.8. The van der Waals surface area contributed by atoms with Gasteiger partial charge in [-0.25, -0.2) is 9.78 Å². The van der Waals surface area contributed by atoms with Crippen LogP contribution in [-0.4, -0.2) is 84.8 Å². The number of likely N-dealkylation sites (tertiary alicyclic amines) is 2. The topological polar surface area (TPSA) is 127 Å². The fourth-order valence-corrected chi connectivity index (χ4v) is 4.84. The van der Waals surface area contributed by atoms with E-state index in [1.807, 2.05) is 0 Å². The SMILES string of the molecule is CC1=C(N2CCC3(CCN(CC(O)c4ccnc(-n5cnnn5)c4)CC3)C2=O)COC1=O. The van der Waals surface area contributed by atoms with Crippen LogP contribution in [0, 0.1) is 5.41 Å². The van der Waals surface area contributed by atoms with Crippen molar-refractivity contribution < 1.29 is 19.4 Å². The Hall–Kier alpha value is -3.18. The van der Waals surface area contributed by atoms with Crippen LogP contribution in [0.15, 0.2) is 35.9 Å². The summed E-state index contributed by atoms with van der Waals surface area (Å²) in [6, 6.07) is 3.55. The zero-order valence-electron chi connectivity index (χ0n) is 17.8. The van der Waals surface area contributed by atoms with Gasteiger partial charge in [-0.15, -0.1) is 5.10 Å². The molecule has 1 amide bonds. The van der Waals surface area contributed by atoms with Gasteiger partial charge in [-0.3, -0.25) is 4.79 Å². The molecular weight excluding hydrogens is 414 g/mol. The smallest absolute Gasteiger partial charge is 0.336 e. The predicted molar refractivity (Wildman–Crippen MR) is 110 cm³/mol. The van der Waals surface area contributed by atoms with Crippen molar-refractivity contribution >= 4 is 11.9 Å². The van der Waals surface area contributed by atoms with Crippen molar-refractivity contribution in [2.75, 3.05) is 32.8 Å². The summed E-state index contributed by atoms with van der Waals surface area (Å²) >= 11 is 0. The number of nitrogens with zero attached hydrogens (tertiary/aromatic N) is 7. The van der Waals surface area contributed by atoms with E-state index >= 15 is 0 Å². The van der Waals surface area contributed by atoms with Crippen molar-refractivity contribution in [3.05, 3.63) is 41.5 Å². The molecule has 0 radical (unpaired) electrons. The number of cyclic esters (lactones) is 1. The molecule has 1 spiro atoms. The molecule has 32 heavy (non-hydrogen) atoms. The monoisotopic (exact) mass is 439 g/mol. The number of rotatable bonds is 5. The number of amides is 1. The van der Waals surface area contributed by atoms with E-state index in [1.54, 1.807) is 30.2 Å². The number of aliphatic hydroxyl groups is 1. The number of piperidine rings is 1. The van der Waals surface area contributed by atoms with Crippen LogP contribution in [0.25, 0.3) is 5.82 Å². The summed E-state index contributed by atoms with van der Waals surface area (Å²) in [5.74, 6) is 0.308. The highest BCUT2D eigenvalue weighted by molar-refractivity contribution is 5.94. The van der Waals surface area contributed by atoms with Crippen molar-refractivity contribution in [3.63, 3.8) is 0 Å². The van der Waals surface area contributed by atoms with Crippen LogP contribution >= 0.6 is 0 Å². The predicted octanol–water partition coefficient (Wildman–Crippen LogP) is 0.236. The van der Waals surface area contributed by atoms with Crippen molar-refractivity contribution in [2.24, 2.45) is 5.41 Å². The van der Waals surface area contributed by atoms with E-state index in [0.717, 1.165) is 37.9 Å². The molecule has 0 bridgehead atoms. The van der Waals surface area contributed by atoms with Gasteiger partial charge in [-0.05, 0) is 67.4 Å². The van der Waals surface area contributed by atoms with E-state index in [2.05, 4.69) is 25.4 Å². The van der Waals surface area contributed by atoms with E-state index in [0.29, 0.717) is 30.2 Å². The molecule has 3 aliphatic heterocycles. The summed E-state index contributed by atoms with van der Waals surface area (Å²) in [6.07, 6.45) is 4.65. The fraction of sp³-hybridized carbons (Fsp3) is 0.524. The molecule has 168 valence electrons. The van der Waals surface area contributed by atoms with E-state index in [-0.39, 0.29) is 23.9 Å². The molecule has 3 aliphatic rings. The van der Waals surface area contributed by atoms with E-state index in [9.17, 15) is 14.7 Å². The number of hydrogen-bond donors (Lipinski definition) is 1. The molecule has 11 heteroatoms. The fourth-order valence-electron chi connectivity index (χ4n) is 4.84. The third-order valence-corrected chi connectivity index (χ3v) is 6.90. The maximum atomic E-state index is 13.3. The molecule has 5 heterocycles. The quantitative estimate of drug-likeness (QED) is 0.652. The highest BCUT2D eigenvalue weighted by atomic mass is 16.5. The lowest BCUT2D eigenvalue weighted by Gasteiger charge is -2.38. The van der Waals surface area contributed by atoms with Crippen LogP contribution in [-0.2, 0) is 14.3 Å². The number of pyridine rings is 1. The Morgan fingerprint density at radius 2 is 2.00 bits per heavy atom. The number of ether oxygens (including phenoxy) is 1. The highest BCUT2D eigenvalue weighted by Gasteiger charge is 2.50. The summed E-state index contributed by atoms with van der Waals surface area (Å²) in [4.78, 5) is 33.1. The molecule has 2 fully saturated rings. The number of aliphatic hydroxyl groups excluding tert-OH is 1. The zero-order chi connectivity index (χ0) is 22.3. The second-order valence-corrected chi connectivity index (χ2v) is 8.65. The van der Waals surface area contributed by atoms with Crippen molar-refractivity contribution in [2.45, 2.75) is 32.3 Å². The van der Waals surface area contributed by atoms with Crippen LogP contribution in [0.5, 0.6) is 0 Å². The molecule has 2 aromatic rings. The maximum absolute atomic E-state index is 13.3. The Bertz CT molecular complexity index is 1060. The van der Waals surface area contributed by atoms with Crippen molar-refractivity contribution in [1.29, 1.82) is 0 Å². The first kappa shape index (κ1) is 20.7. The molecule has 1 N–H and O–H groups in total. The summed E-state index contributed by atoms with van der Waals surface area (Å²) < 4.78 is 6.53. The number of tetrazole rings is 1. The standard InChI is InChI=1S/C21H25N7O4/c1-14-16(12-32-19(14)30)27-9-5-21(20(27)31)3-7-26(8-4-21)11-17(29)15-2-6-22-18(10-15)28-13-23-24-25-28/h2,6,10,13,17,29H,3-5,7-9,11-12H2,1H3. The Morgan fingerprint density at radius 3 is 2.69 bits per heavy atom. The van der Waals surface area contributed by atoms with Gasteiger partial charge in [0.2, 0.25) is 5.91 Å². The van der Waals surface area contributed by atoms with Crippen LogP contribution in [0.4, 0.5) is 0 Å². The second kappa shape index (κ2) is 8.06. The number of esters is 1. The van der Waals surface area contributed by atoms with Gasteiger partial charge in [0.25, 0.3) is 0 Å². The number of aromatic nitrogens is 5. The molecule has 1 unspecified atom stereocenters. The van der Waals surface area contributed by atoms with Crippen LogP contribution in [0.3, 0.4) is 0 Å². The van der Waals surface area contributed by atoms with Gasteiger partial charge >= 0.3 is 5.97 Å². The first-order chi connectivity index (χ1) is 15.5. The van der Waals surface area contributed by atoms with Gasteiger partial charge in [0.05, 0.1) is 22.8 Å². The number of hydrogen-bond acceptors (Lipinski definition) is 9. The van der Waals surface area contributed by atoms with Gasteiger partial charge in [0, 0.05) is 19.3 Å². The Balaban J connectivity index is 1.21. The highest BCUT2D eigenvalue weighted by Crippen LogP contribution is 2.43. The van der Waals surface area contributed by atoms with Gasteiger partial charge in [-0.2, -0.15) is 4.68 Å². The summed E-state index contributed by atoms with van der Waals surface area (Å²) in [6.45, 7) is 4.46. The Kier molecular flexibility index (Phi) is 5.22. The normalized spacial score (nSPS) is 22.1. The lowest BCUT2D eigenvalue weighted by molar-refractivity contribution is -0.138. The number of β-amino-alcohol motifs (C(OH)–C–C–N with tert-alkyl or cyclic N) is 1. The van der Waals surface area contributed by atoms with Crippen LogP contribution in [0.1, 0.15) is 37.9 Å². The minimum absolute atomic E-state index is 0.102. The first-order valence-corrected chi connectivity index (χ1v) is 10.8. The Morgan fingerprint density at radius 1 is 1.22 bits per heavy atom. The van der Waals surface area contributed by atoms with E-state index in [1.165, 1.54) is 11.0 Å². The molecule has 2 aromatic heterocycles. The summed E-state index contributed by atoms with van der Waals surface area (Å²) in [7, 11) is 0. The lowest BCUT2D eigenvalue weighted by Crippen LogP contribution is -2.45. The van der Waals surface area contributed by atoms with Crippen LogP contribution in [0.2, 0.25) is 0 Å². The average Bonchev–Trinajstić information content (AvgIpc) is 3.53. The lowest BCUT2D eigenvalue weighted by atomic mass is 9.77. The Labute approximate surface area is 184 Å². The largest absolute Gasteiger partial charge is 0.456 e. The van der Waals surface area contributed by atoms with E-state index < -0.39 is 6.10 Å². The summed E-state index contributed by atoms with van der Waals surface area (Å²) in [5, 5.41) is 21.8. The number of carbonyl (C=O) groups excluding carboxylic acids is 2. The minimum atomic E-state index is -0.687. The van der Waals surface area contributed by atoms with Crippen molar-refractivity contribution in [1.82, 2.24) is 35.0 Å². The minimum Gasteiger partial charge on any atom is -0.456 e. The maximum Gasteiger partial charge on any atom is 0.336 e. The molecule has 0 aliphatic carbocycles. The zero-order valence-corrected chi connectivity index (χ0v) is 17.8. The number of carbonyl (C=O) groups is 2. The van der Waals surface area contributed by atoms with Crippen LogP contribution < -0.4 is 0 Å². The van der Waals surface area contributed by atoms with E-state index in [4.69, 9.17) is 4.74 Å². The average molecular weight is 439 g/mol.